The summed E-state index contributed by atoms with van der Waals surface area (Å²) in [7, 11) is 0. The highest BCUT2D eigenvalue weighted by atomic mass is 16.4. The van der Waals surface area contributed by atoms with Crippen molar-refractivity contribution in [3.63, 3.8) is 0 Å². The van der Waals surface area contributed by atoms with Crippen LogP contribution in [-0.2, 0) is 9.59 Å². The zero-order chi connectivity index (χ0) is 13.0. The Kier molecular flexibility index (Phi) is 3.87. The summed E-state index contributed by atoms with van der Waals surface area (Å²) in [5.41, 5.74) is 1.87. The number of aryl methyl sites for hydroxylation is 2. The first-order valence-electron chi connectivity index (χ1n) is 4.92. The monoisotopic (exact) mass is 235 g/mol. The number of aromatic hydroxyl groups is 1. The Morgan fingerprint density at radius 1 is 1.18 bits per heavy atom. The Morgan fingerprint density at radius 2 is 1.82 bits per heavy atom. The number of anilines is 1. The summed E-state index contributed by atoms with van der Waals surface area (Å²) >= 11 is 0. The second-order valence-corrected chi connectivity index (χ2v) is 3.61. The zero-order valence-corrected chi connectivity index (χ0v) is 9.52. The zero-order valence-electron chi connectivity index (χ0n) is 9.52. The summed E-state index contributed by atoms with van der Waals surface area (Å²) in [5, 5.41) is 20.3. The molecule has 3 N–H and O–H groups in total. The van der Waals surface area contributed by atoms with Gasteiger partial charge in [0.15, 0.2) is 0 Å². The second-order valence-electron chi connectivity index (χ2n) is 3.61. The van der Waals surface area contributed by atoms with Gasteiger partial charge in [-0.05, 0) is 37.1 Å². The maximum absolute atomic E-state index is 11.3. The van der Waals surface area contributed by atoms with Crippen molar-refractivity contribution in [1.82, 2.24) is 0 Å². The summed E-state index contributed by atoms with van der Waals surface area (Å²) in [6.07, 6.45) is 1.70. The van der Waals surface area contributed by atoms with Crippen LogP contribution < -0.4 is 5.32 Å². The molecule has 1 rings (SSSR count). The number of carboxylic acids is 1. The van der Waals surface area contributed by atoms with E-state index >= 15 is 0 Å². The lowest BCUT2D eigenvalue weighted by Gasteiger charge is -2.08. The van der Waals surface area contributed by atoms with Gasteiger partial charge in [0.05, 0.1) is 0 Å². The van der Waals surface area contributed by atoms with Gasteiger partial charge in [-0.3, -0.25) is 4.79 Å². The van der Waals surface area contributed by atoms with Gasteiger partial charge in [0.1, 0.15) is 5.75 Å². The molecule has 5 heteroatoms. The fourth-order valence-electron chi connectivity index (χ4n) is 1.26. The first kappa shape index (κ1) is 12.8. The van der Waals surface area contributed by atoms with E-state index in [1.165, 1.54) is 6.07 Å². The maximum atomic E-state index is 11.3. The minimum absolute atomic E-state index is 0.154. The molecule has 0 radical (unpaired) electrons. The molecule has 0 fully saturated rings. The van der Waals surface area contributed by atoms with Crippen LogP contribution in [0, 0.1) is 13.8 Å². The van der Waals surface area contributed by atoms with Crippen LogP contribution in [0.3, 0.4) is 0 Å². The molecule has 0 spiro atoms. The maximum Gasteiger partial charge on any atom is 0.328 e. The topological polar surface area (TPSA) is 86.6 Å². The van der Waals surface area contributed by atoms with E-state index in [9.17, 15) is 14.7 Å². The molecule has 90 valence electrons. The van der Waals surface area contributed by atoms with E-state index in [4.69, 9.17) is 5.11 Å². The smallest absolute Gasteiger partial charge is 0.328 e. The average molecular weight is 235 g/mol. The van der Waals surface area contributed by atoms with Crippen molar-refractivity contribution in [2.45, 2.75) is 13.8 Å². The van der Waals surface area contributed by atoms with Gasteiger partial charge in [-0.25, -0.2) is 4.79 Å². The van der Waals surface area contributed by atoms with Crippen molar-refractivity contribution in [3.8, 4) is 5.75 Å². The normalized spacial score (nSPS) is 10.5. The third kappa shape index (κ3) is 3.64. The number of hydrogen-bond donors (Lipinski definition) is 3. The van der Waals surface area contributed by atoms with E-state index in [0.717, 1.165) is 12.2 Å². The summed E-state index contributed by atoms with van der Waals surface area (Å²) in [6, 6.07) is 3.16. The van der Waals surface area contributed by atoms with Crippen LogP contribution in [0.5, 0.6) is 5.75 Å². The van der Waals surface area contributed by atoms with Crippen molar-refractivity contribution in [1.29, 1.82) is 0 Å². The summed E-state index contributed by atoms with van der Waals surface area (Å²) < 4.78 is 0. The van der Waals surface area contributed by atoms with Gasteiger partial charge in [-0.1, -0.05) is 0 Å². The number of nitrogens with one attached hydrogen (secondary N) is 1. The molecular formula is C12H13NO4. The van der Waals surface area contributed by atoms with Gasteiger partial charge in [0, 0.05) is 17.8 Å². The number of rotatable bonds is 3. The molecule has 0 atom stereocenters. The molecule has 5 nitrogen and oxygen atoms in total. The molecule has 0 aliphatic rings. The summed E-state index contributed by atoms with van der Waals surface area (Å²) in [6.45, 7) is 3.44. The number of phenolic OH excluding ortho intramolecular Hbond substituents is 1. The van der Waals surface area contributed by atoms with E-state index in [1.54, 1.807) is 19.9 Å². The highest BCUT2D eigenvalue weighted by molar-refractivity contribution is 6.02. The molecule has 1 aromatic carbocycles. The van der Waals surface area contributed by atoms with E-state index in [0.29, 0.717) is 16.8 Å². The molecule has 0 heterocycles. The lowest BCUT2D eigenvalue weighted by Crippen LogP contribution is -2.10. The van der Waals surface area contributed by atoms with Crippen LogP contribution in [0.4, 0.5) is 5.69 Å². The Labute approximate surface area is 98.4 Å². The van der Waals surface area contributed by atoms with Crippen molar-refractivity contribution in [3.05, 3.63) is 35.4 Å². The quantitative estimate of drug-likeness (QED) is 0.548. The van der Waals surface area contributed by atoms with Gasteiger partial charge in [0.2, 0.25) is 5.91 Å². The lowest BCUT2D eigenvalue weighted by atomic mass is 10.1. The van der Waals surface area contributed by atoms with Crippen LogP contribution in [0.2, 0.25) is 0 Å². The van der Waals surface area contributed by atoms with Crippen molar-refractivity contribution in [2.24, 2.45) is 0 Å². The van der Waals surface area contributed by atoms with Gasteiger partial charge < -0.3 is 15.5 Å². The Hall–Kier alpha value is -2.30. The van der Waals surface area contributed by atoms with E-state index in [-0.39, 0.29) is 5.75 Å². The molecular weight excluding hydrogens is 222 g/mol. The number of carbonyl (C=O) groups is 2. The largest absolute Gasteiger partial charge is 0.508 e. The average Bonchev–Trinajstić information content (AvgIpc) is 2.23. The van der Waals surface area contributed by atoms with Crippen molar-refractivity contribution >= 4 is 17.6 Å². The minimum atomic E-state index is -1.18. The van der Waals surface area contributed by atoms with Crippen molar-refractivity contribution < 1.29 is 19.8 Å². The third-order valence-corrected chi connectivity index (χ3v) is 2.18. The second kappa shape index (κ2) is 5.16. The lowest BCUT2D eigenvalue weighted by molar-refractivity contribution is -0.131. The fraction of sp³-hybridized carbons (Fsp3) is 0.167. The highest BCUT2D eigenvalue weighted by Crippen LogP contribution is 2.24. The number of amides is 1. The van der Waals surface area contributed by atoms with E-state index in [1.807, 2.05) is 0 Å². The van der Waals surface area contributed by atoms with Crippen LogP contribution in [-0.4, -0.2) is 22.1 Å². The van der Waals surface area contributed by atoms with Gasteiger partial charge in [-0.2, -0.15) is 0 Å². The molecule has 0 aliphatic heterocycles. The Balaban J connectivity index is 2.85. The van der Waals surface area contributed by atoms with Crippen LogP contribution in [0.25, 0.3) is 0 Å². The first-order chi connectivity index (χ1) is 7.90. The Bertz CT molecular complexity index is 492. The predicted octanol–water partition coefficient (Wildman–Crippen LogP) is 1.59. The SMILES string of the molecule is Cc1cc(NC(=O)/C=C/C(=O)O)c(C)cc1O. The van der Waals surface area contributed by atoms with Crippen molar-refractivity contribution in [2.75, 3.05) is 5.32 Å². The van der Waals surface area contributed by atoms with E-state index in [2.05, 4.69) is 5.32 Å². The molecule has 1 amide bonds. The molecule has 0 saturated heterocycles. The first-order valence-corrected chi connectivity index (χ1v) is 4.92. The molecule has 0 bridgehead atoms. The van der Waals surface area contributed by atoms with E-state index < -0.39 is 11.9 Å². The minimum Gasteiger partial charge on any atom is -0.508 e. The molecule has 17 heavy (non-hydrogen) atoms. The number of aliphatic carboxylic acids is 1. The molecule has 0 unspecified atom stereocenters. The summed E-state index contributed by atoms with van der Waals surface area (Å²) in [5.74, 6) is -1.55. The van der Waals surface area contributed by atoms with Crippen LogP contribution in [0.1, 0.15) is 11.1 Å². The standard InChI is InChI=1S/C12H13NO4/c1-7-6-10(14)8(2)5-9(7)13-11(15)3-4-12(16)17/h3-6,14H,1-2H3,(H,13,15)(H,16,17)/b4-3+. The number of carbonyl (C=O) groups excluding carboxylic acids is 1. The van der Waals surface area contributed by atoms with Gasteiger partial charge >= 0.3 is 5.97 Å². The Morgan fingerprint density at radius 3 is 2.41 bits per heavy atom. The molecule has 0 aliphatic carbocycles. The number of phenols is 1. The number of hydrogen-bond acceptors (Lipinski definition) is 3. The highest BCUT2D eigenvalue weighted by Gasteiger charge is 2.05. The third-order valence-electron chi connectivity index (χ3n) is 2.18. The number of benzene rings is 1. The molecule has 0 saturated carbocycles. The van der Waals surface area contributed by atoms with Crippen LogP contribution in [0.15, 0.2) is 24.3 Å². The molecule has 1 aromatic rings. The predicted molar refractivity (Wildman–Crippen MR) is 63.0 cm³/mol. The van der Waals surface area contributed by atoms with Gasteiger partial charge in [-0.15, -0.1) is 0 Å². The molecule has 0 aromatic heterocycles. The fourth-order valence-corrected chi connectivity index (χ4v) is 1.26. The summed E-state index contributed by atoms with van der Waals surface area (Å²) in [4.78, 5) is 21.6. The van der Waals surface area contributed by atoms with Gasteiger partial charge in [0.25, 0.3) is 0 Å². The van der Waals surface area contributed by atoms with Crippen LogP contribution >= 0.6 is 0 Å². The number of carboxylic acid groups (broad SMARTS) is 1.